The average molecular weight is 287 g/mol. The molecule has 1 aromatic rings. The van der Waals surface area contributed by atoms with Crippen LogP contribution >= 0.6 is 23.1 Å². The van der Waals surface area contributed by atoms with Gasteiger partial charge in [-0.25, -0.2) is 0 Å². The Hall–Kier alpha value is -0.660. The summed E-state index contributed by atoms with van der Waals surface area (Å²) >= 11 is 3.19. The number of aliphatic carboxylic acids is 1. The van der Waals surface area contributed by atoms with Gasteiger partial charge in [-0.2, -0.15) is 0 Å². The van der Waals surface area contributed by atoms with Crippen molar-refractivity contribution in [3.8, 4) is 0 Å². The Kier molecular flexibility index (Phi) is 4.58. The fourth-order valence-electron chi connectivity index (χ4n) is 2.70. The molecule has 1 aliphatic carbocycles. The molecule has 0 saturated heterocycles. The average Bonchev–Trinajstić information content (AvgIpc) is 2.98. The summed E-state index contributed by atoms with van der Waals surface area (Å²) in [6.07, 6.45) is 3.61. The van der Waals surface area contributed by atoms with E-state index in [1.54, 1.807) is 24.3 Å². The Bertz CT molecular complexity index is 399. The fourth-order valence-corrected chi connectivity index (χ4v) is 4.31. The van der Waals surface area contributed by atoms with Gasteiger partial charge in [-0.1, -0.05) is 29.5 Å². The number of hydrogen-bond acceptors (Lipinski definition) is 6. The molecule has 18 heavy (non-hydrogen) atoms. The van der Waals surface area contributed by atoms with Crippen LogP contribution in [-0.2, 0) is 4.79 Å². The van der Waals surface area contributed by atoms with Crippen LogP contribution < -0.4 is 5.32 Å². The number of carboxylic acid groups (broad SMARTS) is 1. The van der Waals surface area contributed by atoms with Crippen LogP contribution in [0.1, 0.15) is 25.7 Å². The van der Waals surface area contributed by atoms with Gasteiger partial charge in [-0.15, -0.1) is 10.2 Å². The Morgan fingerprint density at radius 3 is 3.22 bits per heavy atom. The molecule has 2 N–H and O–H groups in total. The van der Waals surface area contributed by atoms with Crippen molar-refractivity contribution in [3.05, 3.63) is 5.51 Å². The Morgan fingerprint density at radius 2 is 2.61 bits per heavy atom. The quantitative estimate of drug-likeness (QED) is 0.778. The molecule has 2 rings (SSSR count). The van der Waals surface area contributed by atoms with Crippen LogP contribution in [-0.4, -0.2) is 39.6 Å². The maximum absolute atomic E-state index is 11.5. The number of aromatic nitrogens is 2. The van der Waals surface area contributed by atoms with Crippen LogP contribution in [0.3, 0.4) is 0 Å². The summed E-state index contributed by atoms with van der Waals surface area (Å²) in [6.45, 7) is 0. The van der Waals surface area contributed by atoms with E-state index in [9.17, 15) is 9.90 Å². The SMILES string of the molecule is CNC1(C(=O)O)CCCC1CCSc1nncs1. The molecule has 0 amide bonds. The van der Waals surface area contributed by atoms with Gasteiger partial charge in [-0.05, 0) is 32.2 Å². The molecule has 1 fully saturated rings. The second-order valence-electron chi connectivity index (χ2n) is 4.46. The molecule has 7 heteroatoms. The van der Waals surface area contributed by atoms with E-state index in [1.807, 2.05) is 0 Å². The van der Waals surface area contributed by atoms with Crippen molar-refractivity contribution in [3.63, 3.8) is 0 Å². The molecule has 100 valence electrons. The van der Waals surface area contributed by atoms with Crippen LogP contribution in [0.15, 0.2) is 9.85 Å². The zero-order chi connectivity index (χ0) is 13.0. The molecule has 2 atom stereocenters. The van der Waals surface area contributed by atoms with Crippen molar-refractivity contribution < 1.29 is 9.90 Å². The molecule has 0 aliphatic heterocycles. The third-order valence-corrected chi connectivity index (χ3v) is 5.57. The zero-order valence-corrected chi connectivity index (χ0v) is 11.9. The Labute approximate surface area is 114 Å². The standard InChI is InChI=1S/C11H17N3O2S2/c1-12-11(9(15)16)5-2-3-8(11)4-6-17-10-14-13-7-18-10/h7-8,12H,2-6H2,1H3,(H,15,16). The smallest absolute Gasteiger partial charge is 0.324 e. The number of carbonyl (C=O) groups is 1. The van der Waals surface area contributed by atoms with Crippen molar-refractivity contribution in [1.82, 2.24) is 15.5 Å². The van der Waals surface area contributed by atoms with Gasteiger partial charge in [0.25, 0.3) is 0 Å². The first-order chi connectivity index (χ1) is 8.69. The van der Waals surface area contributed by atoms with Crippen LogP contribution in [0.5, 0.6) is 0 Å². The van der Waals surface area contributed by atoms with Crippen molar-refractivity contribution in [2.45, 2.75) is 35.6 Å². The molecule has 5 nitrogen and oxygen atoms in total. The lowest BCUT2D eigenvalue weighted by atomic mass is 9.85. The van der Waals surface area contributed by atoms with Gasteiger partial charge < -0.3 is 10.4 Å². The largest absolute Gasteiger partial charge is 0.480 e. The number of nitrogens with one attached hydrogen (secondary N) is 1. The second kappa shape index (κ2) is 5.99. The van der Waals surface area contributed by atoms with E-state index >= 15 is 0 Å². The van der Waals surface area contributed by atoms with Gasteiger partial charge in [0.1, 0.15) is 11.0 Å². The molecular formula is C11H17N3O2S2. The van der Waals surface area contributed by atoms with Gasteiger partial charge >= 0.3 is 5.97 Å². The molecule has 0 aromatic carbocycles. The maximum atomic E-state index is 11.5. The first-order valence-corrected chi connectivity index (χ1v) is 7.87. The fraction of sp³-hybridized carbons (Fsp3) is 0.727. The highest BCUT2D eigenvalue weighted by Gasteiger charge is 2.47. The molecule has 0 radical (unpaired) electrons. The Balaban J connectivity index is 1.89. The van der Waals surface area contributed by atoms with Crippen molar-refractivity contribution in [1.29, 1.82) is 0 Å². The number of thioether (sulfide) groups is 1. The minimum absolute atomic E-state index is 0.209. The molecule has 1 aliphatic rings. The maximum Gasteiger partial charge on any atom is 0.324 e. The molecule has 1 aromatic heterocycles. The van der Waals surface area contributed by atoms with Crippen LogP contribution in [0.25, 0.3) is 0 Å². The van der Waals surface area contributed by atoms with Gasteiger partial charge in [0.2, 0.25) is 0 Å². The van der Waals surface area contributed by atoms with E-state index < -0.39 is 11.5 Å². The van der Waals surface area contributed by atoms with Gasteiger partial charge in [-0.3, -0.25) is 4.79 Å². The van der Waals surface area contributed by atoms with Crippen molar-refractivity contribution in [2.24, 2.45) is 5.92 Å². The molecule has 2 unspecified atom stereocenters. The second-order valence-corrected chi connectivity index (χ2v) is 6.63. The zero-order valence-electron chi connectivity index (χ0n) is 10.3. The lowest BCUT2D eigenvalue weighted by Gasteiger charge is -2.30. The van der Waals surface area contributed by atoms with Crippen LogP contribution in [0.4, 0.5) is 0 Å². The minimum Gasteiger partial charge on any atom is -0.480 e. The van der Waals surface area contributed by atoms with Gasteiger partial charge in [0.15, 0.2) is 4.34 Å². The molecule has 1 saturated carbocycles. The van der Waals surface area contributed by atoms with E-state index in [1.165, 1.54) is 11.3 Å². The highest BCUT2D eigenvalue weighted by atomic mass is 32.2. The van der Waals surface area contributed by atoms with E-state index in [-0.39, 0.29) is 5.92 Å². The monoisotopic (exact) mass is 287 g/mol. The normalized spacial score (nSPS) is 27.5. The Morgan fingerprint density at radius 1 is 1.78 bits per heavy atom. The van der Waals surface area contributed by atoms with Gasteiger partial charge in [0, 0.05) is 5.75 Å². The topological polar surface area (TPSA) is 75.1 Å². The van der Waals surface area contributed by atoms with Crippen LogP contribution in [0, 0.1) is 5.92 Å². The summed E-state index contributed by atoms with van der Waals surface area (Å²) in [7, 11) is 1.75. The molecule has 0 spiro atoms. The van der Waals surface area contributed by atoms with Gasteiger partial charge in [0.05, 0.1) is 0 Å². The predicted molar refractivity (Wildman–Crippen MR) is 72.0 cm³/mol. The van der Waals surface area contributed by atoms with Crippen molar-refractivity contribution >= 4 is 29.1 Å². The summed E-state index contributed by atoms with van der Waals surface area (Å²) in [6, 6.07) is 0. The number of rotatable bonds is 6. The van der Waals surface area contributed by atoms with Crippen LogP contribution in [0.2, 0.25) is 0 Å². The first-order valence-electron chi connectivity index (χ1n) is 6.00. The predicted octanol–water partition coefficient (Wildman–Crippen LogP) is 1.86. The third kappa shape index (κ3) is 2.67. The lowest BCUT2D eigenvalue weighted by Crippen LogP contribution is -2.53. The summed E-state index contributed by atoms with van der Waals surface area (Å²) in [5, 5.41) is 20.2. The lowest BCUT2D eigenvalue weighted by molar-refractivity contribution is -0.146. The summed E-state index contributed by atoms with van der Waals surface area (Å²) in [4.78, 5) is 11.5. The number of nitrogens with zero attached hydrogens (tertiary/aromatic N) is 2. The molecular weight excluding hydrogens is 270 g/mol. The number of likely N-dealkylation sites (N-methyl/N-ethyl adjacent to an activating group) is 1. The summed E-state index contributed by atoms with van der Waals surface area (Å²) < 4.78 is 0.957. The van der Waals surface area contributed by atoms with E-state index in [2.05, 4.69) is 15.5 Å². The van der Waals surface area contributed by atoms with E-state index in [0.717, 1.165) is 35.8 Å². The summed E-state index contributed by atoms with van der Waals surface area (Å²) in [5.41, 5.74) is 0.995. The van der Waals surface area contributed by atoms with E-state index in [4.69, 9.17) is 0 Å². The van der Waals surface area contributed by atoms with E-state index in [0.29, 0.717) is 0 Å². The summed E-state index contributed by atoms with van der Waals surface area (Å²) in [5.74, 6) is 0.394. The number of hydrogen-bond donors (Lipinski definition) is 2. The molecule has 0 bridgehead atoms. The minimum atomic E-state index is -0.721. The molecule has 1 heterocycles. The third-order valence-electron chi connectivity index (χ3n) is 3.68. The van der Waals surface area contributed by atoms with Crippen molar-refractivity contribution in [2.75, 3.05) is 12.8 Å². The first kappa shape index (κ1) is 13.8. The highest BCUT2D eigenvalue weighted by molar-refractivity contribution is 8.00. The number of carboxylic acids is 1. The highest BCUT2D eigenvalue weighted by Crippen LogP contribution is 2.39.